The highest BCUT2D eigenvalue weighted by atomic mass is 32.2. The molecule has 0 aromatic heterocycles. The van der Waals surface area contributed by atoms with Crippen molar-refractivity contribution >= 4 is 46.3 Å². The van der Waals surface area contributed by atoms with E-state index < -0.39 is 5.97 Å². The van der Waals surface area contributed by atoms with Crippen molar-refractivity contribution in [1.82, 2.24) is 4.90 Å². The van der Waals surface area contributed by atoms with Crippen molar-refractivity contribution in [2.24, 2.45) is 0 Å². The number of rotatable bonds is 5. The van der Waals surface area contributed by atoms with Crippen molar-refractivity contribution in [3.8, 4) is 0 Å². The van der Waals surface area contributed by atoms with E-state index >= 15 is 0 Å². The number of nitrogens with zero attached hydrogens (tertiary/aromatic N) is 1. The number of carbonyl (C=O) groups is 2. The Morgan fingerprint density at radius 1 is 1.43 bits per heavy atom. The number of thioether (sulfide) groups is 1. The monoisotopic (exact) mass is 321 g/mol. The first kappa shape index (κ1) is 15.7. The highest BCUT2D eigenvalue weighted by molar-refractivity contribution is 8.26. The Kier molecular flexibility index (Phi) is 5.14. The summed E-state index contributed by atoms with van der Waals surface area (Å²) in [6.45, 7) is 2.33. The standard InChI is InChI=1S/C15H15NO3S2/c1-10-5-2-3-6-11(10)9-12-14(19)16(15(20)21-12)8-4-7-13(17)18/h2-3,5-6,9H,4,7-8H2,1H3,(H,17,18)/b12-9+. The molecule has 0 atom stereocenters. The number of hydrogen-bond donors (Lipinski definition) is 1. The molecule has 0 spiro atoms. The van der Waals surface area contributed by atoms with Gasteiger partial charge in [0.25, 0.3) is 5.91 Å². The smallest absolute Gasteiger partial charge is 0.303 e. The second-order valence-electron chi connectivity index (χ2n) is 4.69. The van der Waals surface area contributed by atoms with E-state index in [4.69, 9.17) is 17.3 Å². The van der Waals surface area contributed by atoms with Gasteiger partial charge in [-0.3, -0.25) is 14.5 Å². The largest absolute Gasteiger partial charge is 0.481 e. The van der Waals surface area contributed by atoms with Gasteiger partial charge in [-0.1, -0.05) is 48.2 Å². The lowest BCUT2D eigenvalue weighted by Gasteiger charge is -2.13. The summed E-state index contributed by atoms with van der Waals surface area (Å²) in [6, 6.07) is 7.81. The Labute approximate surface area is 132 Å². The molecule has 0 unspecified atom stereocenters. The highest BCUT2D eigenvalue weighted by Crippen LogP contribution is 2.33. The minimum absolute atomic E-state index is 0.0356. The van der Waals surface area contributed by atoms with Crippen LogP contribution in [0, 0.1) is 6.92 Å². The molecule has 1 aromatic carbocycles. The maximum atomic E-state index is 12.3. The average Bonchev–Trinajstić information content (AvgIpc) is 2.68. The minimum atomic E-state index is -0.865. The lowest BCUT2D eigenvalue weighted by atomic mass is 10.1. The molecule has 0 bridgehead atoms. The van der Waals surface area contributed by atoms with Gasteiger partial charge in [0.05, 0.1) is 4.91 Å². The molecule has 1 N–H and O–H groups in total. The molecular formula is C15H15NO3S2. The zero-order valence-corrected chi connectivity index (χ0v) is 13.2. The van der Waals surface area contributed by atoms with E-state index in [2.05, 4.69) is 0 Å². The first-order chi connectivity index (χ1) is 9.99. The summed E-state index contributed by atoms with van der Waals surface area (Å²) in [7, 11) is 0. The van der Waals surface area contributed by atoms with Gasteiger partial charge in [0.2, 0.25) is 0 Å². The Morgan fingerprint density at radius 2 is 2.14 bits per heavy atom. The SMILES string of the molecule is Cc1ccccc1/C=C1/SC(=S)N(CCCC(=O)O)C1=O. The second-order valence-corrected chi connectivity index (χ2v) is 6.36. The Hall–Kier alpha value is -1.66. The molecule has 0 saturated carbocycles. The molecule has 1 aromatic rings. The molecule has 0 radical (unpaired) electrons. The van der Waals surface area contributed by atoms with E-state index in [-0.39, 0.29) is 12.3 Å². The Bertz CT molecular complexity index is 625. The third kappa shape index (κ3) is 3.92. The topological polar surface area (TPSA) is 57.6 Å². The number of thiocarbonyl (C=S) groups is 1. The van der Waals surface area contributed by atoms with Crippen LogP contribution >= 0.6 is 24.0 Å². The number of aryl methyl sites for hydroxylation is 1. The summed E-state index contributed by atoms with van der Waals surface area (Å²) in [5, 5.41) is 8.64. The van der Waals surface area contributed by atoms with Crippen LogP contribution in [-0.2, 0) is 9.59 Å². The normalized spacial score (nSPS) is 16.8. The molecular weight excluding hydrogens is 306 g/mol. The van der Waals surface area contributed by atoms with Crippen molar-refractivity contribution < 1.29 is 14.7 Å². The van der Waals surface area contributed by atoms with Crippen LogP contribution in [0.2, 0.25) is 0 Å². The van der Waals surface area contributed by atoms with Crippen molar-refractivity contribution in [3.63, 3.8) is 0 Å². The molecule has 110 valence electrons. The number of carboxylic acid groups (broad SMARTS) is 1. The lowest BCUT2D eigenvalue weighted by Crippen LogP contribution is -2.29. The summed E-state index contributed by atoms with van der Waals surface area (Å²) < 4.78 is 0.491. The van der Waals surface area contributed by atoms with Gasteiger partial charge < -0.3 is 5.11 Å². The molecule has 6 heteroatoms. The zero-order valence-electron chi connectivity index (χ0n) is 11.5. The number of carboxylic acids is 1. The molecule has 0 aliphatic carbocycles. The van der Waals surface area contributed by atoms with E-state index in [1.807, 2.05) is 37.3 Å². The maximum Gasteiger partial charge on any atom is 0.303 e. The van der Waals surface area contributed by atoms with Gasteiger partial charge in [-0.05, 0) is 30.5 Å². The van der Waals surface area contributed by atoms with E-state index in [0.29, 0.717) is 22.2 Å². The fraction of sp³-hybridized carbons (Fsp3) is 0.267. The van der Waals surface area contributed by atoms with Gasteiger partial charge >= 0.3 is 5.97 Å². The van der Waals surface area contributed by atoms with Crippen LogP contribution < -0.4 is 0 Å². The molecule has 1 saturated heterocycles. The van der Waals surface area contributed by atoms with E-state index in [0.717, 1.165) is 11.1 Å². The molecule has 1 amide bonds. The summed E-state index contributed by atoms with van der Waals surface area (Å²) in [5.41, 5.74) is 2.08. The number of carbonyl (C=O) groups excluding carboxylic acids is 1. The van der Waals surface area contributed by atoms with Gasteiger partial charge in [0, 0.05) is 13.0 Å². The zero-order chi connectivity index (χ0) is 15.4. The number of aliphatic carboxylic acids is 1. The van der Waals surface area contributed by atoms with E-state index in [9.17, 15) is 9.59 Å². The molecule has 1 aliphatic heterocycles. The van der Waals surface area contributed by atoms with Gasteiger partial charge in [-0.25, -0.2) is 0 Å². The molecule has 21 heavy (non-hydrogen) atoms. The third-order valence-corrected chi connectivity index (χ3v) is 4.50. The summed E-state index contributed by atoms with van der Waals surface area (Å²) in [6.07, 6.45) is 2.28. The molecule has 4 nitrogen and oxygen atoms in total. The van der Waals surface area contributed by atoms with Gasteiger partial charge in [0.1, 0.15) is 4.32 Å². The molecule has 1 fully saturated rings. The van der Waals surface area contributed by atoms with Crippen molar-refractivity contribution in [3.05, 3.63) is 40.3 Å². The quantitative estimate of drug-likeness (QED) is 0.667. The number of benzene rings is 1. The van der Waals surface area contributed by atoms with Gasteiger partial charge in [-0.15, -0.1) is 0 Å². The van der Waals surface area contributed by atoms with Crippen LogP contribution in [0.4, 0.5) is 0 Å². The Morgan fingerprint density at radius 3 is 2.81 bits per heavy atom. The molecule has 1 aliphatic rings. The fourth-order valence-corrected chi connectivity index (χ4v) is 3.27. The van der Waals surface area contributed by atoms with Crippen LogP contribution in [0.1, 0.15) is 24.0 Å². The van der Waals surface area contributed by atoms with Crippen molar-refractivity contribution in [2.45, 2.75) is 19.8 Å². The van der Waals surface area contributed by atoms with E-state index in [1.165, 1.54) is 16.7 Å². The van der Waals surface area contributed by atoms with Crippen LogP contribution in [0.15, 0.2) is 29.2 Å². The maximum absolute atomic E-state index is 12.3. The first-order valence-electron chi connectivity index (χ1n) is 6.52. The first-order valence-corrected chi connectivity index (χ1v) is 7.74. The summed E-state index contributed by atoms with van der Waals surface area (Å²) >= 11 is 6.47. The van der Waals surface area contributed by atoms with E-state index in [1.54, 1.807) is 0 Å². The van der Waals surface area contributed by atoms with Crippen molar-refractivity contribution in [1.29, 1.82) is 0 Å². The number of hydrogen-bond acceptors (Lipinski definition) is 4. The minimum Gasteiger partial charge on any atom is -0.481 e. The van der Waals surface area contributed by atoms with Crippen molar-refractivity contribution in [2.75, 3.05) is 6.54 Å². The second kappa shape index (κ2) is 6.87. The lowest BCUT2D eigenvalue weighted by molar-refractivity contribution is -0.137. The van der Waals surface area contributed by atoms with Gasteiger partial charge in [0.15, 0.2) is 0 Å². The molecule has 2 rings (SSSR count). The third-order valence-electron chi connectivity index (χ3n) is 3.12. The van der Waals surface area contributed by atoms with Crippen LogP contribution in [0.25, 0.3) is 6.08 Å². The number of amides is 1. The fourth-order valence-electron chi connectivity index (χ4n) is 1.97. The summed E-state index contributed by atoms with van der Waals surface area (Å²) in [5.74, 6) is -1.01. The predicted molar refractivity (Wildman–Crippen MR) is 87.9 cm³/mol. The average molecular weight is 321 g/mol. The highest BCUT2D eigenvalue weighted by Gasteiger charge is 2.31. The predicted octanol–water partition coefficient (Wildman–Crippen LogP) is 3.06. The van der Waals surface area contributed by atoms with Crippen LogP contribution in [0.5, 0.6) is 0 Å². The summed E-state index contributed by atoms with van der Waals surface area (Å²) in [4.78, 5) is 24.9. The Balaban J connectivity index is 2.11. The van der Waals surface area contributed by atoms with Gasteiger partial charge in [-0.2, -0.15) is 0 Å². The van der Waals surface area contributed by atoms with Crippen LogP contribution in [0.3, 0.4) is 0 Å². The molecule has 1 heterocycles. The van der Waals surface area contributed by atoms with Crippen LogP contribution in [-0.4, -0.2) is 32.7 Å².